The quantitative estimate of drug-likeness (QED) is 0.542. The van der Waals surface area contributed by atoms with Gasteiger partial charge in [-0.2, -0.15) is 0 Å². The Hall–Kier alpha value is -1.38. The number of nitrogens with two attached hydrogens (primary N) is 1. The molecular weight excluding hydrogens is 166 g/mol. The van der Waals surface area contributed by atoms with Crippen LogP contribution in [0.5, 0.6) is 11.5 Å². The molecule has 0 unspecified atom stereocenters. The van der Waals surface area contributed by atoms with Crippen LogP contribution < -0.4 is 10.5 Å². The van der Waals surface area contributed by atoms with Gasteiger partial charge in [-0.3, -0.25) is 0 Å². The van der Waals surface area contributed by atoms with Gasteiger partial charge in [0.25, 0.3) is 0 Å². The average molecular weight is 181 g/mol. The molecule has 0 atom stereocenters. The maximum Gasteiger partial charge on any atom is 0.148 e. The van der Waals surface area contributed by atoms with Gasteiger partial charge in [-0.25, -0.2) is 0 Å². The van der Waals surface area contributed by atoms with Crippen LogP contribution in [0.1, 0.15) is 18.1 Å². The zero-order valence-electron chi connectivity index (χ0n) is 8.22. The minimum atomic E-state index is 0.262. The highest BCUT2D eigenvalue weighted by Crippen LogP contribution is 2.35. The fraction of sp³-hybridized carbons (Fsp3) is 0.400. The van der Waals surface area contributed by atoms with Crippen molar-refractivity contribution in [3.8, 4) is 11.5 Å². The molecule has 0 radical (unpaired) electrons. The molecule has 1 aromatic rings. The van der Waals surface area contributed by atoms with Crippen LogP contribution in [0.4, 0.5) is 5.69 Å². The van der Waals surface area contributed by atoms with Gasteiger partial charge >= 0.3 is 0 Å². The van der Waals surface area contributed by atoms with Crippen molar-refractivity contribution in [2.24, 2.45) is 0 Å². The highest BCUT2D eigenvalue weighted by atomic mass is 16.5. The van der Waals surface area contributed by atoms with Crippen LogP contribution in [-0.4, -0.2) is 11.7 Å². The summed E-state index contributed by atoms with van der Waals surface area (Å²) < 4.78 is 5.32. The molecular formula is C10H15NO2. The van der Waals surface area contributed by atoms with Crippen LogP contribution in [0, 0.1) is 13.8 Å². The number of ether oxygens (including phenoxy) is 1. The zero-order valence-corrected chi connectivity index (χ0v) is 8.22. The second-order valence-electron chi connectivity index (χ2n) is 3.02. The van der Waals surface area contributed by atoms with E-state index >= 15 is 0 Å². The predicted octanol–water partition coefficient (Wildman–Crippen LogP) is 1.99. The fourth-order valence-corrected chi connectivity index (χ4v) is 1.32. The molecule has 3 N–H and O–H groups in total. The lowest BCUT2D eigenvalue weighted by molar-refractivity contribution is 0.336. The smallest absolute Gasteiger partial charge is 0.148 e. The second kappa shape index (κ2) is 3.56. The molecule has 0 saturated carbocycles. The number of anilines is 1. The van der Waals surface area contributed by atoms with Crippen LogP contribution in [0.2, 0.25) is 0 Å². The minimum Gasteiger partial charge on any atom is -0.507 e. The molecule has 0 amide bonds. The monoisotopic (exact) mass is 181 g/mol. The minimum absolute atomic E-state index is 0.262. The lowest BCUT2D eigenvalue weighted by Gasteiger charge is -2.13. The van der Waals surface area contributed by atoms with Crippen molar-refractivity contribution in [3.63, 3.8) is 0 Å². The first kappa shape index (κ1) is 9.71. The van der Waals surface area contributed by atoms with E-state index in [-0.39, 0.29) is 5.75 Å². The third-order valence-corrected chi connectivity index (χ3v) is 1.99. The van der Waals surface area contributed by atoms with Crippen molar-refractivity contribution in [1.29, 1.82) is 0 Å². The van der Waals surface area contributed by atoms with Crippen molar-refractivity contribution in [2.45, 2.75) is 20.8 Å². The number of aryl methyl sites for hydroxylation is 1. The van der Waals surface area contributed by atoms with E-state index < -0.39 is 0 Å². The second-order valence-corrected chi connectivity index (χ2v) is 3.02. The average Bonchev–Trinajstić information content (AvgIpc) is 2.09. The van der Waals surface area contributed by atoms with Gasteiger partial charge in [0.05, 0.1) is 12.3 Å². The van der Waals surface area contributed by atoms with E-state index in [9.17, 15) is 5.11 Å². The van der Waals surface area contributed by atoms with E-state index in [4.69, 9.17) is 10.5 Å². The lowest BCUT2D eigenvalue weighted by Crippen LogP contribution is -2.00. The summed E-state index contributed by atoms with van der Waals surface area (Å²) in [6.07, 6.45) is 0. The Labute approximate surface area is 78.1 Å². The molecule has 3 heteroatoms. The summed E-state index contributed by atoms with van der Waals surface area (Å²) >= 11 is 0. The van der Waals surface area contributed by atoms with Crippen molar-refractivity contribution in [2.75, 3.05) is 12.3 Å². The van der Waals surface area contributed by atoms with Crippen molar-refractivity contribution in [3.05, 3.63) is 17.2 Å². The van der Waals surface area contributed by atoms with Gasteiger partial charge in [-0.05, 0) is 32.4 Å². The highest BCUT2D eigenvalue weighted by molar-refractivity contribution is 5.63. The molecule has 0 fully saturated rings. The summed E-state index contributed by atoms with van der Waals surface area (Å²) in [7, 11) is 0. The molecule has 0 heterocycles. The van der Waals surface area contributed by atoms with E-state index in [1.165, 1.54) is 0 Å². The van der Waals surface area contributed by atoms with E-state index in [0.29, 0.717) is 23.6 Å². The molecule has 0 aliphatic carbocycles. The number of phenols is 1. The van der Waals surface area contributed by atoms with Gasteiger partial charge in [0.2, 0.25) is 0 Å². The third kappa shape index (κ3) is 1.69. The highest BCUT2D eigenvalue weighted by Gasteiger charge is 2.10. The van der Waals surface area contributed by atoms with E-state index in [1.807, 2.05) is 13.8 Å². The normalized spacial score (nSPS) is 10.1. The molecule has 0 aliphatic rings. The maximum atomic E-state index is 9.60. The number of hydrogen-bond acceptors (Lipinski definition) is 3. The molecule has 0 spiro atoms. The molecule has 0 bridgehead atoms. The van der Waals surface area contributed by atoms with Crippen LogP contribution in [0.3, 0.4) is 0 Å². The Morgan fingerprint density at radius 2 is 2.08 bits per heavy atom. The maximum absolute atomic E-state index is 9.60. The van der Waals surface area contributed by atoms with E-state index in [2.05, 4.69) is 0 Å². The molecule has 3 nitrogen and oxygen atoms in total. The van der Waals surface area contributed by atoms with Crippen LogP contribution in [0.25, 0.3) is 0 Å². The largest absolute Gasteiger partial charge is 0.507 e. The molecule has 13 heavy (non-hydrogen) atoms. The Kier molecular flexibility index (Phi) is 2.66. The van der Waals surface area contributed by atoms with Gasteiger partial charge in [-0.1, -0.05) is 0 Å². The zero-order chi connectivity index (χ0) is 10.0. The number of rotatable bonds is 2. The first-order valence-corrected chi connectivity index (χ1v) is 4.29. The van der Waals surface area contributed by atoms with Gasteiger partial charge in [0, 0.05) is 5.56 Å². The molecule has 0 aliphatic heterocycles. The third-order valence-electron chi connectivity index (χ3n) is 1.99. The number of aromatic hydroxyl groups is 1. The standard InChI is InChI=1S/C10H15NO2/c1-4-13-10-7(3)9(12)6(2)5-8(10)11/h5,12H,4,11H2,1-3H3. The number of hydrogen-bond donors (Lipinski definition) is 2. The number of nitrogen functional groups attached to an aromatic ring is 1. The Morgan fingerprint density at radius 1 is 1.46 bits per heavy atom. The summed E-state index contributed by atoms with van der Waals surface area (Å²) in [5.74, 6) is 0.850. The van der Waals surface area contributed by atoms with Crippen molar-refractivity contribution >= 4 is 5.69 Å². The van der Waals surface area contributed by atoms with E-state index in [0.717, 1.165) is 5.56 Å². The Bertz CT molecular complexity index is 321. The number of phenolic OH excluding ortho intramolecular Hbond substituents is 1. The fourth-order valence-electron chi connectivity index (χ4n) is 1.32. The molecule has 72 valence electrons. The first-order chi connectivity index (χ1) is 6.07. The van der Waals surface area contributed by atoms with Gasteiger partial charge < -0.3 is 15.6 Å². The first-order valence-electron chi connectivity index (χ1n) is 4.29. The van der Waals surface area contributed by atoms with Gasteiger partial charge in [0.15, 0.2) is 0 Å². The van der Waals surface area contributed by atoms with Gasteiger partial charge in [-0.15, -0.1) is 0 Å². The molecule has 0 aromatic heterocycles. The summed E-state index contributed by atoms with van der Waals surface area (Å²) in [4.78, 5) is 0. The summed E-state index contributed by atoms with van der Waals surface area (Å²) in [6, 6.07) is 1.72. The van der Waals surface area contributed by atoms with Crippen molar-refractivity contribution < 1.29 is 9.84 Å². The predicted molar refractivity (Wildman–Crippen MR) is 53.2 cm³/mol. The topological polar surface area (TPSA) is 55.5 Å². The Balaban J connectivity index is 3.26. The lowest BCUT2D eigenvalue weighted by atomic mass is 10.1. The summed E-state index contributed by atoms with van der Waals surface area (Å²) in [5, 5.41) is 9.60. The molecule has 0 saturated heterocycles. The SMILES string of the molecule is CCOc1c(N)cc(C)c(O)c1C. The van der Waals surface area contributed by atoms with Crippen LogP contribution >= 0.6 is 0 Å². The molecule has 1 rings (SSSR count). The van der Waals surface area contributed by atoms with Crippen LogP contribution in [0.15, 0.2) is 6.07 Å². The molecule has 1 aromatic carbocycles. The van der Waals surface area contributed by atoms with Crippen molar-refractivity contribution in [1.82, 2.24) is 0 Å². The Morgan fingerprint density at radius 3 is 2.62 bits per heavy atom. The summed E-state index contributed by atoms with van der Waals surface area (Å²) in [5.41, 5.74) is 7.80. The number of benzene rings is 1. The van der Waals surface area contributed by atoms with Crippen LogP contribution in [-0.2, 0) is 0 Å². The van der Waals surface area contributed by atoms with E-state index in [1.54, 1.807) is 13.0 Å². The van der Waals surface area contributed by atoms with Gasteiger partial charge in [0.1, 0.15) is 11.5 Å². The summed E-state index contributed by atoms with van der Waals surface area (Å²) in [6.45, 7) is 6.04.